The van der Waals surface area contributed by atoms with Gasteiger partial charge in [0.05, 0.1) is 13.9 Å². The lowest BCUT2D eigenvalue weighted by Crippen LogP contribution is -2.47. The van der Waals surface area contributed by atoms with Crippen molar-refractivity contribution in [3.63, 3.8) is 0 Å². The van der Waals surface area contributed by atoms with Crippen molar-refractivity contribution in [1.82, 2.24) is 14.4 Å². The van der Waals surface area contributed by atoms with Gasteiger partial charge in [-0.3, -0.25) is 23.0 Å². The number of thioether (sulfide) groups is 1. The molecular formula is C32H51F3N6OS. The molecule has 0 amide bonds. The summed E-state index contributed by atoms with van der Waals surface area (Å²) in [5.74, 6) is 0.892. The van der Waals surface area contributed by atoms with Crippen molar-refractivity contribution in [3.8, 4) is 0 Å². The number of likely N-dealkylation sites (N-methyl/N-ethyl adjacent to an activating group) is 1. The van der Waals surface area contributed by atoms with Crippen LogP contribution in [0, 0.1) is 6.92 Å². The number of nitrogens with one attached hydrogen (secondary N) is 1. The van der Waals surface area contributed by atoms with E-state index in [1.165, 1.54) is 11.8 Å². The largest absolute Gasteiger partial charge is 0.378 e. The summed E-state index contributed by atoms with van der Waals surface area (Å²) in [4.78, 5) is 20.6. The van der Waals surface area contributed by atoms with Gasteiger partial charge < -0.3 is 20.9 Å². The molecule has 4 rings (SSSR count). The van der Waals surface area contributed by atoms with Crippen LogP contribution in [0.1, 0.15) is 31.0 Å². The standard InChI is InChI=1S/C25H31FN4OS.C4H12N2.C2H5F.CH3F/c1-17-13-19(18(2)27-22-7-5-6-8-23(22)32-4)20-15-24(28(3)25(31)21(20)14-17)30-11-9-29(16-26)10-12-30;1-6(2)4-3-5;1-2-3;1-2/h5-8,13-15,18,27H,9-12,16H2,1-4H3;3-5H2,1-2H3;2H2,1H3;1H3. The lowest BCUT2D eigenvalue weighted by atomic mass is 9.97. The Kier molecular flexibility index (Phi) is 18.1. The van der Waals surface area contributed by atoms with Crippen molar-refractivity contribution in [2.75, 3.05) is 90.5 Å². The molecule has 3 aromatic rings. The van der Waals surface area contributed by atoms with Gasteiger partial charge in [0, 0.05) is 68.3 Å². The highest BCUT2D eigenvalue weighted by Crippen LogP contribution is 2.32. The highest BCUT2D eigenvalue weighted by atomic mass is 32.2. The monoisotopic (exact) mass is 624 g/mol. The number of hydrogen-bond acceptors (Lipinski definition) is 7. The Morgan fingerprint density at radius 2 is 1.65 bits per heavy atom. The van der Waals surface area contributed by atoms with Crippen molar-refractivity contribution in [2.24, 2.45) is 12.8 Å². The zero-order valence-electron chi connectivity index (χ0n) is 27.1. The van der Waals surface area contributed by atoms with Gasteiger partial charge in [-0.05, 0) is 81.9 Å². The molecular weight excluding hydrogens is 573 g/mol. The Morgan fingerprint density at radius 1 is 1.05 bits per heavy atom. The summed E-state index contributed by atoms with van der Waals surface area (Å²) in [7, 11) is 6.34. The van der Waals surface area contributed by atoms with Gasteiger partial charge in [-0.1, -0.05) is 18.2 Å². The van der Waals surface area contributed by atoms with Crippen molar-refractivity contribution >= 4 is 34.0 Å². The molecule has 11 heteroatoms. The number of anilines is 2. The summed E-state index contributed by atoms with van der Waals surface area (Å²) in [6, 6.07) is 14.6. The number of pyridine rings is 1. The zero-order valence-corrected chi connectivity index (χ0v) is 27.9. The van der Waals surface area contributed by atoms with Crippen LogP contribution in [0.2, 0.25) is 0 Å². The summed E-state index contributed by atoms with van der Waals surface area (Å²) in [5.41, 5.74) is 8.46. The number of fused-ring (bicyclic) bond motifs is 1. The number of piperazine rings is 1. The first-order valence-corrected chi connectivity index (χ1v) is 15.7. The van der Waals surface area contributed by atoms with Crippen LogP contribution in [0.5, 0.6) is 0 Å². The first kappa shape index (κ1) is 38.3. The first-order valence-electron chi connectivity index (χ1n) is 14.5. The summed E-state index contributed by atoms with van der Waals surface area (Å²) in [6.07, 6.45) is 2.08. The van der Waals surface area contributed by atoms with Gasteiger partial charge in [0.1, 0.15) is 12.6 Å². The summed E-state index contributed by atoms with van der Waals surface area (Å²) < 4.78 is 34.5. The van der Waals surface area contributed by atoms with E-state index in [9.17, 15) is 18.0 Å². The van der Waals surface area contributed by atoms with Crippen molar-refractivity contribution in [3.05, 3.63) is 63.9 Å². The fraction of sp³-hybridized carbons (Fsp3) is 0.531. The maximum Gasteiger partial charge on any atom is 0.259 e. The third-order valence-electron chi connectivity index (χ3n) is 6.90. The van der Waals surface area contributed by atoms with E-state index in [1.54, 1.807) is 21.2 Å². The fourth-order valence-corrected chi connectivity index (χ4v) is 5.33. The van der Waals surface area contributed by atoms with E-state index in [0.29, 0.717) is 33.4 Å². The topological polar surface area (TPSA) is 69.8 Å². The van der Waals surface area contributed by atoms with Crippen LogP contribution in [-0.2, 0) is 7.05 Å². The zero-order chi connectivity index (χ0) is 32.5. The fourth-order valence-electron chi connectivity index (χ4n) is 4.77. The second-order valence-electron chi connectivity index (χ2n) is 10.3. The third kappa shape index (κ3) is 11.4. The maximum atomic E-state index is 13.3. The Hall–Kier alpha value is -2.73. The average Bonchev–Trinajstić information content (AvgIpc) is 3.01. The molecule has 1 atom stereocenters. The van der Waals surface area contributed by atoms with Crippen LogP contribution in [0.25, 0.3) is 10.8 Å². The minimum absolute atomic E-state index is 0.00656. The molecule has 43 heavy (non-hydrogen) atoms. The summed E-state index contributed by atoms with van der Waals surface area (Å²) in [6.45, 7) is 9.44. The molecule has 0 spiro atoms. The SMILES string of the molecule is CCF.CF.CN(C)CCN.CSc1ccccc1NC(C)c1cc(C)cc2c(=O)n(C)c(N3CCN(CF)CC3)cc12. The summed E-state index contributed by atoms with van der Waals surface area (Å²) >= 11 is 1.71. The average molecular weight is 625 g/mol. The Labute approximate surface area is 260 Å². The minimum atomic E-state index is -0.422. The van der Waals surface area contributed by atoms with E-state index in [0.717, 1.165) is 46.5 Å². The molecule has 2 heterocycles. The van der Waals surface area contributed by atoms with Crippen LogP contribution in [0.3, 0.4) is 0 Å². The maximum absolute atomic E-state index is 13.3. The van der Waals surface area contributed by atoms with Crippen LogP contribution in [-0.4, -0.2) is 94.6 Å². The van der Waals surface area contributed by atoms with Gasteiger partial charge in [0.2, 0.25) is 0 Å². The Balaban J connectivity index is 0.000000729. The smallest absolute Gasteiger partial charge is 0.259 e. The molecule has 1 aliphatic heterocycles. The molecule has 3 N–H and O–H groups in total. The number of para-hydroxylation sites is 1. The molecule has 1 saturated heterocycles. The summed E-state index contributed by atoms with van der Waals surface area (Å²) in [5, 5.41) is 5.36. The van der Waals surface area contributed by atoms with E-state index in [2.05, 4.69) is 52.6 Å². The van der Waals surface area contributed by atoms with Gasteiger partial charge in [-0.25, -0.2) is 4.39 Å². The number of benzene rings is 2. The molecule has 7 nitrogen and oxygen atoms in total. The predicted octanol–water partition coefficient (Wildman–Crippen LogP) is 5.86. The van der Waals surface area contributed by atoms with Gasteiger partial charge in [-0.2, -0.15) is 0 Å². The van der Waals surface area contributed by atoms with Gasteiger partial charge in [-0.15, -0.1) is 11.8 Å². The van der Waals surface area contributed by atoms with Gasteiger partial charge in [0.15, 0.2) is 0 Å². The molecule has 1 aliphatic rings. The third-order valence-corrected chi connectivity index (χ3v) is 7.69. The molecule has 2 aromatic carbocycles. The first-order chi connectivity index (χ1) is 20.6. The number of rotatable bonds is 8. The van der Waals surface area contributed by atoms with Crippen LogP contribution in [0.4, 0.5) is 24.7 Å². The van der Waals surface area contributed by atoms with E-state index in [-0.39, 0.29) is 18.3 Å². The van der Waals surface area contributed by atoms with E-state index in [1.807, 2.05) is 46.3 Å². The molecule has 1 aromatic heterocycles. The molecule has 0 aliphatic carbocycles. The van der Waals surface area contributed by atoms with Gasteiger partial charge in [0.25, 0.3) is 5.56 Å². The number of aryl methyl sites for hydroxylation is 1. The number of nitrogens with zero attached hydrogens (tertiary/aromatic N) is 4. The van der Waals surface area contributed by atoms with E-state index in [4.69, 9.17) is 5.73 Å². The second-order valence-corrected chi connectivity index (χ2v) is 11.2. The number of aromatic nitrogens is 1. The number of nitrogens with two attached hydrogens (primary N) is 1. The van der Waals surface area contributed by atoms with Crippen LogP contribution < -0.4 is 21.5 Å². The highest BCUT2D eigenvalue weighted by molar-refractivity contribution is 7.98. The minimum Gasteiger partial charge on any atom is -0.378 e. The normalized spacial score (nSPS) is 13.7. The molecule has 0 bridgehead atoms. The lowest BCUT2D eigenvalue weighted by Gasteiger charge is -2.35. The highest BCUT2D eigenvalue weighted by Gasteiger charge is 2.22. The van der Waals surface area contributed by atoms with Crippen LogP contribution in [0.15, 0.2) is 52.2 Å². The van der Waals surface area contributed by atoms with Gasteiger partial charge >= 0.3 is 0 Å². The van der Waals surface area contributed by atoms with Crippen molar-refractivity contribution in [1.29, 1.82) is 0 Å². The predicted molar refractivity (Wildman–Crippen MR) is 180 cm³/mol. The molecule has 242 valence electrons. The van der Waals surface area contributed by atoms with Crippen LogP contribution >= 0.6 is 11.8 Å². The number of halogens is 3. The van der Waals surface area contributed by atoms with Crippen molar-refractivity contribution < 1.29 is 13.2 Å². The Bertz CT molecular complexity index is 1280. The quantitative estimate of drug-likeness (QED) is 0.240. The number of hydrogen-bond donors (Lipinski definition) is 2. The van der Waals surface area contributed by atoms with Crippen molar-refractivity contribution in [2.45, 2.75) is 31.7 Å². The van der Waals surface area contributed by atoms with E-state index < -0.39 is 6.80 Å². The molecule has 0 saturated carbocycles. The molecule has 1 unspecified atom stereocenters. The number of alkyl halides is 3. The Morgan fingerprint density at radius 3 is 2.16 bits per heavy atom. The molecule has 1 fully saturated rings. The van der Waals surface area contributed by atoms with E-state index >= 15 is 0 Å². The second kappa shape index (κ2) is 20.3. The lowest BCUT2D eigenvalue weighted by molar-refractivity contribution is 0.175. The molecule has 0 radical (unpaired) electrons.